The highest BCUT2D eigenvalue weighted by molar-refractivity contribution is 6.30. The number of rotatable bonds is 4. The Kier molecular flexibility index (Phi) is 7.76. The number of benzene rings is 1. The van der Waals surface area contributed by atoms with Gasteiger partial charge in [-0.3, -0.25) is 4.79 Å². The van der Waals surface area contributed by atoms with E-state index in [1.54, 1.807) is 25.3 Å². The van der Waals surface area contributed by atoms with Gasteiger partial charge in [0.05, 0.1) is 7.11 Å². The van der Waals surface area contributed by atoms with Gasteiger partial charge in [-0.2, -0.15) is 0 Å². The van der Waals surface area contributed by atoms with E-state index in [4.69, 9.17) is 21.4 Å². The molecule has 0 bridgehead atoms. The van der Waals surface area contributed by atoms with Crippen molar-refractivity contribution < 1.29 is 14.6 Å². The first kappa shape index (κ1) is 15.4. The predicted octanol–water partition coefficient (Wildman–Crippen LogP) is 2.69. The molecule has 0 atom stereocenters. The van der Waals surface area contributed by atoms with Crippen LogP contribution in [0.4, 0.5) is 0 Å². The van der Waals surface area contributed by atoms with Gasteiger partial charge in [0.1, 0.15) is 12.0 Å². The number of methoxy groups -OCH3 is 1. The lowest BCUT2D eigenvalue weighted by Crippen LogP contribution is -1.89. The fraction of sp³-hybridized carbons (Fsp3) is 0.154. The third kappa shape index (κ3) is 5.33. The first-order valence-electron chi connectivity index (χ1n) is 4.78. The van der Waals surface area contributed by atoms with Gasteiger partial charge in [-0.25, -0.2) is 0 Å². The summed E-state index contributed by atoms with van der Waals surface area (Å²) in [4.78, 5) is 10.4. The summed E-state index contributed by atoms with van der Waals surface area (Å²) < 4.78 is 5.15. The van der Waals surface area contributed by atoms with Gasteiger partial charge >= 0.3 is 0 Å². The van der Waals surface area contributed by atoms with Gasteiger partial charge < -0.3 is 9.84 Å². The van der Waals surface area contributed by atoms with Gasteiger partial charge in [0.25, 0.3) is 0 Å². The van der Waals surface area contributed by atoms with Gasteiger partial charge in [-0.1, -0.05) is 18.2 Å². The molecule has 3 nitrogen and oxygen atoms in total. The van der Waals surface area contributed by atoms with E-state index >= 15 is 0 Å². The van der Waals surface area contributed by atoms with Crippen molar-refractivity contribution in [2.75, 3.05) is 14.2 Å². The molecule has 0 spiro atoms. The molecule has 17 heavy (non-hydrogen) atoms. The minimum Gasteiger partial charge on any atom is -0.496 e. The van der Waals surface area contributed by atoms with Crippen LogP contribution in [0.3, 0.4) is 0 Å². The maximum Gasteiger partial charge on any atom is 0.149 e. The van der Waals surface area contributed by atoms with E-state index < -0.39 is 0 Å². The minimum absolute atomic E-state index is 0.363. The molecule has 0 amide bonds. The number of ether oxygens (including phenoxy) is 1. The topological polar surface area (TPSA) is 46.5 Å². The van der Waals surface area contributed by atoms with Crippen LogP contribution >= 0.6 is 11.6 Å². The van der Waals surface area contributed by atoms with Crippen LogP contribution in [0.25, 0.3) is 5.76 Å². The van der Waals surface area contributed by atoms with Crippen molar-refractivity contribution in [1.29, 1.82) is 0 Å². The molecule has 0 aliphatic heterocycles. The molecule has 1 aromatic rings. The second-order valence-corrected chi connectivity index (χ2v) is 3.35. The smallest absolute Gasteiger partial charge is 0.149 e. The van der Waals surface area contributed by atoms with Gasteiger partial charge in [0, 0.05) is 23.3 Å². The SMILES string of the molecule is C=C(C=O)/C=C(\OC)c1ccc(Cl)cc1.CO. The summed E-state index contributed by atoms with van der Waals surface area (Å²) in [6.45, 7) is 3.55. The van der Waals surface area contributed by atoms with Gasteiger partial charge in [0.2, 0.25) is 0 Å². The molecular weight excluding hydrogens is 240 g/mol. The first-order chi connectivity index (χ1) is 8.17. The van der Waals surface area contributed by atoms with E-state index in [1.165, 1.54) is 0 Å². The predicted molar refractivity (Wildman–Crippen MR) is 69.8 cm³/mol. The molecule has 0 unspecified atom stereocenters. The zero-order chi connectivity index (χ0) is 13.3. The lowest BCUT2D eigenvalue weighted by molar-refractivity contribution is -0.104. The summed E-state index contributed by atoms with van der Waals surface area (Å²) in [5.74, 6) is 0.587. The van der Waals surface area contributed by atoms with E-state index in [9.17, 15) is 4.79 Å². The minimum atomic E-state index is 0.363. The maximum absolute atomic E-state index is 10.4. The number of hydrogen-bond donors (Lipinski definition) is 1. The standard InChI is InChI=1S/C12H11ClO2.CH4O/c1-9(8-14)7-12(15-2)10-3-5-11(13)6-4-10;1-2/h3-8H,1H2,2H3;2H,1H3/b12-7-;. The Balaban J connectivity index is 0.00000121. The highest BCUT2D eigenvalue weighted by Gasteiger charge is 2.01. The second-order valence-electron chi connectivity index (χ2n) is 2.91. The van der Waals surface area contributed by atoms with Crippen molar-refractivity contribution in [1.82, 2.24) is 0 Å². The van der Waals surface area contributed by atoms with E-state index in [0.717, 1.165) is 12.7 Å². The van der Waals surface area contributed by atoms with Crippen molar-refractivity contribution in [2.24, 2.45) is 0 Å². The first-order valence-corrected chi connectivity index (χ1v) is 5.15. The lowest BCUT2D eigenvalue weighted by Gasteiger charge is -2.05. The van der Waals surface area contributed by atoms with Crippen LogP contribution in [0.15, 0.2) is 42.5 Å². The largest absolute Gasteiger partial charge is 0.496 e. The van der Waals surface area contributed by atoms with Crippen LogP contribution in [-0.4, -0.2) is 25.6 Å². The summed E-state index contributed by atoms with van der Waals surface area (Å²) in [5, 5.41) is 7.66. The average Bonchev–Trinajstić information content (AvgIpc) is 2.39. The number of aliphatic hydroxyl groups is 1. The van der Waals surface area contributed by atoms with Crippen LogP contribution < -0.4 is 0 Å². The molecule has 0 aliphatic carbocycles. The molecule has 0 aromatic heterocycles. The third-order valence-corrected chi connectivity index (χ3v) is 2.07. The lowest BCUT2D eigenvalue weighted by atomic mass is 10.1. The van der Waals surface area contributed by atoms with Crippen molar-refractivity contribution in [2.45, 2.75) is 0 Å². The summed E-state index contributed by atoms with van der Waals surface area (Å²) in [6.07, 6.45) is 2.26. The molecule has 0 fully saturated rings. The zero-order valence-corrected chi connectivity index (χ0v) is 10.6. The Hall–Kier alpha value is -1.58. The Morgan fingerprint density at radius 2 is 1.88 bits per heavy atom. The van der Waals surface area contributed by atoms with Crippen molar-refractivity contribution in [3.05, 3.63) is 53.1 Å². The molecular formula is C13H15ClO3. The van der Waals surface area contributed by atoms with Crippen LogP contribution in [0.1, 0.15) is 5.56 Å². The number of halogens is 1. The molecule has 0 saturated heterocycles. The second kappa shape index (κ2) is 8.56. The molecule has 4 heteroatoms. The van der Waals surface area contributed by atoms with E-state index in [-0.39, 0.29) is 0 Å². The van der Waals surface area contributed by atoms with Crippen molar-refractivity contribution in [3.63, 3.8) is 0 Å². The monoisotopic (exact) mass is 254 g/mol. The van der Waals surface area contributed by atoms with Gasteiger partial charge in [0.15, 0.2) is 0 Å². The molecule has 0 radical (unpaired) electrons. The maximum atomic E-state index is 10.4. The van der Waals surface area contributed by atoms with E-state index in [0.29, 0.717) is 22.6 Å². The van der Waals surface area contributed by atoms with Crippen molar-refractivity contribution >= 4 is 23.6 Å². The normalized spacial score (nSPS) is 10.0. The number of aliphatic hydroxyl groups excluding tert-OH is 1. The molecule has 92 valence electrons. The third-order valence-electron chi connectivity index (χ3n) is 1.82. The quantitative estimate of drug-likeness (QED) is 0.389. The van der Waals surface area contributed by atoms with E-state index in [2.05, 4.69) is 6.58 Å². The molecule has 1 N–H and O–H groups in total. The molecule has 0 saturated carbocycles. The highest BCUT2D eigenvalue weighted by Crippen LogP contribution is 2.18. The zero-order valence-electron chi connectivity index (χ0n) is 9.81. The summed E-state index contributed by atoms with van der Waals surface area (Å²) in [5.41, 5.74) is 1.21. The van der Waals surface area contributed by atoms with Gasteiger partial charge in [-0.15, -0.1) is 0 Å². The number of carbonyl (C=O) groups is 1. The Labute approximate surface area is 106 Å². The molecule has 0 heterocycles. The number of hydrogen-bond acceptors (Lipinski definition) is 3. The summed E-state index contributed by atoms with van der Waals surface area (Å²) in [7, 11) is 2.54. The Morgan fingerprint density at radius 3 is 2.29 bits per heavy atom. The number of carbonyl (C=O) groups excluding carboxylic acids is 1. The van der Waals surface area contributed by atoms with Crippen LogP contribution in [0.5, 0.6) is 0 Å². The van der Waals surface area contributed by atoms with Crippen LogP contribution in [0.2, 0.25) is 5.02 Å². The number of allylic oxidation sites excluding steroid dienone is 2. The molecule has 0 aliphatic rings. The average molecular weight is 255 g/mol. The molecule has 1 rings (SSSR count). The molecule has 1 aromatic carbocycles. The fourth-order valence-electron chi connectivity index (χ4n) is 1.08. The Bertz CT molecular complexity index is 394. The van der Waals surface area contributed by atoms with Crippen LogP contribution in [0, 0.1) is 0 Å². The summed E-state index contributed by atoms with van der Waals surface area (Å²) in [6, 6.07) is 7.15. The number of aldehydes is 1. The van der Waals surface area contributed by atoms with Crippen molar-refractivity contribution in [3.8, 4) is 0 Å². The highest BCUT2D eigenvalue weighted by atomic mass is 35.5. The van der Waals surface area contributed by atoms with E-state index in [1.807, 2.05) is 12.1 Å². The Morgan fingerprint density at radius 1 is 1.35 bits per heavy atom. The van der Waals surface area contributed by atoms with Gasteiger partial charge in [-0.05, 0) is 30.3 Å². The fourth-order valence-corrected chi connectivity index (χ4v) is 1.20. The summed E-state index contributed by atoms with van der Waals surface area (Å²) >= 11 is 5.76. The van der Waals surface area contributed by atoms with Crippen LogP contribution in [-0.2, 0) is 9.53 Å².